The van der Waals surface area contributed by atoms with Crippen LogP contribution in [0, 0.1) is 18.3 Å². The SMILES string of the molecule is Cc1ncc(C2=CCC3C(=C2)N(c2cncc(N4CC(C)(C)OC4=O)n2)C(=O)C3(C)C)cn1. The number of amides is 2. The second kappa shape index (κ2) is 7.19. The number of ether oxygens (including phenoxy) is 1. The van der Waals surface area contributed by atoms with Gasteiger partial charge in [-0.2, -0.15) is 0 Å². The molecular formula is C24H26N6O3. The van der Waals surface area contributed by atoms with Crippen molar-refractivity contribution in [3.8, 4) is 0 Å². The molecule has 0 saturated carbocycles. The molecule has 170 valence electrons. The van der Waals surface area contributed by atoms with E-state index >= 15 is 0 Å². The van der Waals surface area contributed by atoms with Crippen LogP contribution in [0.3, 0.4) is 0 Å². The van der Waals surface area contributed by atoms with Crippen molar-refractivity contribution in [1.82, 2.24) is 19.9 Å². The maximum absolute atomic E-state index is 13.5. The van der Waals surface area contributed by atoms with E-state index in [1.807, 2.05) is 40.7 Å². The van der Waals surface area contributed by atoms with E-state index in [9.17, 15) is 9.59 Å². The molecule has 2 aromatic heterocycles. The number of carbonyl (C=O) groups is 2. The first-order valence-corrected chi connectivity index (χ1v) is 10.9. The third kappa shape index (κ3) is 3.48. The molecule has 2 saturated heterocycles. The minimum Gasteiger partial charge on any atom is -0.441 e. The van der Waals surface area contributed by atoms with E-state index in [0.29, 0.717) is 30.4 Å². The Balaban J connectivity index is 1.55. The van der Waals surface area contributed by atoms with Crippen molar-refractivity contribution in [2.24, 2.45) is 11.3 Å². The van der Waals surface area contributed by atoms with Crippen LogP contribution in [0.5, 0.6) is 0 Å². The molecule has 0 N–H and O–H groups in total. The Morgan fingerprint density at radius 2 is 1.73 bits per heavy atom. The van der Waals surface area contributed by atoms with Crippen LogP contribution >= 0.6 is 0 Å². The van der Waals surface area contributed by atoms with Crippen molar-refractivity contribution in [1.29, 1.82) is 0 Å². The summed E-state index contributed by atoms with van der Waals surface area (Å²) >= 11 is 0. The molecule has 9 nitrogen and oxygen atoms in total. The first-order chi connectivity index (χ1) is 15.6. The first kappa shape index (κ1) is 21.2. The van der Waals surface area contributed by atoms with Crippen LogP contribution in [0.25, 0.3) is 5.57 Å². The van der Waals surface area contributed by atoms with E-state index in [1.165, 1.54) is 11.1 Å². The van der Waals surface area contributed by atoms with Crippen molar-refractivity contribution in [3.05, 3.63) is 54.0 Å². The lowest BCUT2D eigenvalue weighted by molar-refractivity contribution is -0.125. The molecule has 0 aromatic carbocycles. The molecule has 2 aromatic rings. The predicted octanol–water partition coefficient (Wildman–Crippen LogP) is 3.67. The maximum Gasteiger partial charge on any atom is 0.416 e. The van der Waals surface area contributed by atoms with Crippen LogP contribution in [0.15, 0.2) is 42.6 Å². The standard InChI is InChI=1S/C24H26N6O3/c1-14-26-9-16(10-27-14)15-6-7-17-18(8-15)30(21(31)24(17,4)5)20-12-25-11-19(28-20)29-13-23(2,3)33-22(29)32/h6,8-12,17H,7,13H2,1-5H3. The fourth-order valence-corrected chi connectivity index (χ4v) is 4.63. The van der Waals surface area contributed by atoms with Gasteiger partial charge in [0, 0.05) is 29.6 Å². The zero-order valence-electron chi connectivity index (χ0n) is 19.4. The van der Waals surface area contributed by atoms with Crippen LogP contribution in [-0.4, -0.2) is 44.1 Å². The highest BCUT2D eigenvalue weighted by Crippen LogP contribution is 2.50. The van der Waals surface area contributed by atoms with Crippen molar-refractivity contribution < 1.29 is 14.3 Å². The summed E-state index contributed by atoms with van der Waals surface area (Å²) in [6, 6.07) is 0. The normalized spacial score (nSPS) is 23.2. The van der Waals surface area contributed by atoms with Crippen LogP contribution in [0.4, 0.5) is 16.4 Å². The minimum atomic E-state index is -0.618. The monoisotopic (exact) mass is 446 g/mol. The highest BCUT2D eigenvalue weighted by Gasteiger charge is 2.52. The quantitative estimate of drug-likeness (QED) is 0.709. The summed E-state index contributed by atoms with van der Waals surface area (Å²) in [6.45, 7) is 9.80. The Bertz CT molecular complexity index is 1210. The molecule has 0 radical (unpaired) electrons. The van der Waals surface area contributed by atoms with E-state index in [-0.39, 0.29) is 11.8 Å². The number of carbonyl (C=O) groups excluding carboxylic acids is 2. The molecular weight excluding hydrogens is 420 g/mol. The third-order valence-electron chi connectivity index (χ3n) is 6.47. The summed E-state index contributed by atoms with van der Waals surface area (Å²) in [4.78, 5) is 46.5. The summed E-state index contributed by atoms with van der Waals surface area (Å²) in [7, 11) is 0. The van der Waals surface area contributed by atoms with Crippen LogP contribution in [0.2, 0.25) is 0 Å². The van der Waals surface area contributed by atoms with Gasteiger partial charge >= 0.3 is 6.09 Å². The van der Waals surface area contributed by atoms with E-state index in [2.05, 4.69) is 26.0 Å². The van der Waals surface area contributed by atoms with Crippen LogP contribution in [0.1, 0.15) is 45.5 Å². The van der Waals surface area contributed by atoms with Crippen molar-refractivity contribution in [3.63, 3.8) is 0 Å². The molecule has 0 spiro atoms. The second-order valence-electron chi connectivity index (χ2n) is 9.85. The van der Waals surface area contributed by atoms with Crippen molar-refractivity contribution >= 4 is 29.2 Å². The lowest BCUT2D eigenvalue weighted by Gasteiger charge is -2.26. The molecule has 3 aliphatic rings. The largest absolute Gasteiger partial charge is 0.441 e. The predicted molar refractivity (Wildman–Crippen MR) is 122 cm³/mol. The summed E-state index contributed by atoms with van der Waals surface area (Å²) < 4.78 is 5.40. The molecule has 2 aliphatic heterocycles. The molecule has 1 unspecified atom stereocenters. The van der Waals surface area contributed by atoms with Gasteiger partial charge in [0.05, 0.1) is 24.4 Å². The topological polar surface area (TPSA) is 101 Å². The Morgan fingerprint density at radius 3 is 2.39 bits per heavy atom. The van der Waals surface area contributed by atoms with Gasteiger partial charge in [-0.1, -0.05) is 19.9 Å². The first-order valence-electron chi connectivity index (χ1n) is 10.9. The summed E-state index contributed by atoms with van der Waals surface area (Å²) in [5.74, 6) is 1.40. The lowest BCUT2D eigenvalue weighted by atomic mass is 9.75. The Morgan fingerprint density at radius 1 is 1.03 bits per heavy atom. The smallest absolute Gasteiger partial charge is 0.416 e. The number of cyclic esters (lactones) is 1. The second-order valence-corrected chi connectivity index (χ2v) is 9.85. The average Bonchev–Trinajstić information content (AvgIpc) is 3.16. The average molecular weight is 447 g/mol. The summed E-state index contributed by atoms with van der Waals surface area (Å²) in [5.41, 5.74) is 1.49. The summed E-state index contributed by atoms with van der Waals surface area (Å²) in [5, 5.41) is 0. The molecule has 9 heteroatoms. The molecule has 33 heavy (non-hydrogen) atoms. The highest BCUT2D eigenvalue weighted by atomic mass is 16.6. The van der Waals surface area contributed by atoms with Gasteiger partial charge in [-0.05, 0) is 38.8 Å². The van der Waals surface area contributed by atoms with Gasteiger partial charge in [-0.15, -0.1) is 0 Å². The summed E-state index contributed by atoms with van der Waals surface area (Å²) in [6.07, 6.45) is 11.0. The molecule has 2 amide bonds. The number of hydrogen-bond donors (Lipinski definition) is 0. The molecule has 0 bridgehead atoms. The van der Waals surface area contributed by atoms with Gasteiger partial charge in [0.25, 0.3) is 0 Å². The number of allylic oxidation sites excluding steroid dienone is 4. The number of aryl methyl sites for hydroxylation is 1. The van der Waals surface area contributed by atoms with E-state index in [1.54, 1.807) is 23.5 Å². The number of rotatable bonds is 3. The van der Waals surface area contributed by atoms with Gasteiger partial charge in [-0.3, -0.25) is 19.6 Å². The van der Waals surface area contributed by atoms with E-state index < -0.39 is 17.1 Å². The highest BCUT2D eigenvalue weighted by molar-refractivity contribution is 6.04. The Hall–Kier alpha value is -3.62. The maximum atomic E-state index is 13.5. The van der Waals surface area contributed by atoms with Crippen molar-refractivity contribution in [2.75, 3.05) is 16.3 Å². The van der Waals surface area contributed by atoms with Crippen molar-refractivity contribution in [2.45, 2.75) is 46.6 Å². The van der Waals surface area contributed by atoms with Gasteiger partial charge in [-0.25, -0.2) is 19.7 Å². The number of fused-ring (bicyclic) bond motifs is 1. The van der Waals surface area contributed by atoms with Gasteiger partial charge in [0.1, 0.15) is 11.4 Å². The fraction of sp³-hybridized carbons (Fsp3) is 0.417. The van der Waals surface area contributed by atoms with Crippen LogP contribution in [-0.2, 0) is 9.53 Å². The number of aromatic nitrogens is 4. The van der Waals surface area contributed by atoms with Crippen LogP contribution < -0.4 is 9.80 Å². The molecule has 1 atom stereocenters. The Labute approximate surface area is 192 Å². The zero-order chi connectivity index (χ0) is 23.5. The van der Waals surface area contributed by atoms with E-state index in [4.69, 9.17) is 4.74 Å². The van der Waals surface area contributed by atoms with Gasteiger partial charge in [0.15, 0.2) is 11.6 Å². The number of anilines is 2. The molecule has 1 aliphatic carbocycles. The number of hydrogen-bond acceptors (Lipinski definition) is 7. The number of nitrogens with zero attached hydrogens (tertiary/aromatic N) is 6. The third-order valence-corrected chi connectivity index (χ3v) is 6.47. The zero-order valence-corrected chi connectivity index (χ0v) is 19.4. The Kier molecular flexibility index (Phi) is 4.63. The fourth-order valence-electron chi connectivity index (χ4n) is 4.63. The lowest BCUT2D eigenvalue weighted by Crippen LogP contribution is -2.33. The molecule has 4 heterocycles. The van der Waals surface area contributed by atoms with Gasteiger partial charge < -0.3 is 4.74 Å². The minimum absolute atomic E-state index is 0.00116. The van der Waals surface area contributed by atoms with E-state index in [0.717, 1.165) is 16.8 Å². The van der Waals surface area contributed by atoms with Gasteiger partial charge in [0.2, 0.25) is 5.91 Å². The molecule has 2 fully saturated rings. The molecule has 5 rings (SSSR count).